The minimum absolute atomic E-state index is 0.167. The molecule has 0 aromatic carbocycles. The third-order valence-electron chi connectivity index (χ3n) is 1.57. The minimum Gasteiger partial charge on any atom is -0.465 e. The van der Waals surface area contributed by atoms with Gasteiger partial charge >= 0.3 is 6.09 Å². The summed E-state index contributed by atoms with van der Waals surface area (Å²) in [4.78, 5) is 15.3. The lowest BCUT2D eigenvalue weighted by Crippen LogP contribution is -2.19. The Morgan fingerprint density at radius 1 is 1.64 bits per heavy atom. The third-order valence-corrected chi connectivity index (χ3v) is 2.63. The van der Waals surface area contributed by atoms with Gasteiger partial charge in [-0.3, -0.25) is 0 Å². The number of carboxylic acid groups (broad SMARTS) is 1. The van der Waals surface area contributed by atoms with Crippen LogP contribution in [0.15, 0.2) is 6.20 Å². The lowest BCUT2D eigenvalue weighted by Gasteiger charge is -1.94. The zero-order valence-corrected chi connectivity index (χ0v) is 8.38. The van der Waals surface area contributed by atoms with E-state index in [9.17, 15) is 4.79 Å². The maximum Gasteiger partial charge on any atom is 0.405 e. The molecule has 14 heavy (non-hydrogen) atoms. The van der Waals surface area contributed by atoms with Crippen molar-refractivity contribution in [3.8, 4) is 0 Å². The molecule has 3 N–H and O–H groups in total. The second kappa shape index (κ2) is 5.56. The standard InChI is InChI=1S/C8H12N2O3S/c11-3-1-2-6-4-9-7(14-6)5-10-8(12)13/h4,10-11H,1-3,5H2,(H,12,13). The van der Waals surface area contributed by atoms with E-state index >= 15 is 0 Å². The molecule has 0 saturated carbocycles. The number of aliphatic hydroxyl groups is 1. The van der Waals surface area contributed by atoms with E-state index in [0.29, 0.717) is 6.42 Å². The number of aliphatic hydroxyl groups excluding tert-OH is 1. The predicted octanol–water partition coefficient (Wildman–Crippen LogP) is 0.836. The van der Waals surface area contributed by atoms with Gasteiger partial charge in [0.25, 0.3) is 0 Å². The summed E-state index contributed by atoms with van der Waals surface area (Å²) < 4.78 is 0. The SMILES string of the molecule is O=C(O)NCc1ncc(CCCO)s1. The largest absolute Gasteiger partial charge is 0.465 e. The summed E-state index contributed by atoms with van der Waals surface area (Å²) >= 11 is 1.47. The van der Waals surface area contributed by atoms with Crippen LogP contribution in [0.2, 0.25) is 0 Å². The Balaban J connectivity index is 2.38. The van der Waals surface area contributed by atoms with E-state index in [2.05, 4.69) is 10.3 Å². The van der Waals surface area contributed by atoms with Gasteiger partial charge in [0, 0.05) is 17.7 Å². The fourth-order valence-electron chi connectivity index (χ4n) is 0.950. The molecule has 78 valence electrons. The molecule has 0 aliphatic carbocycles. The fraction of sp³-hybridized carbons (Fsp3) is 0.500. The lowest BCUT2D eigenvalue weighted by atomic mass is 10.3. The van der Waals surface area contributed by atoms with Gasteiger partial charge in [-0.1, -0.05) is 0 Å². The number of nitrogens with one attached hydrogen (secondary N) is 1. The van der Waals surface area contributed by atoms with Crippen LogP contribution in [0.25, 0.3) is 0 Å². The van der Waals surface area contributed by atoms with Crippen LogP contribution >= 0.6 is 11.3 Å². The molecule has 1 aromatic rings. The van der Waals surface area contributed by atoms with Crippen LogP contribution in [0.5, 0.6) is 0 Å². The molecule has 6 heteroatoms. The summed E-state index contributed by atoms with van der Waals surface area (Å²) in [5.74, 6) is 0. The number of nitrogens with zero attached hydrogens (tertiary/aromatic N) is 1. The molecule has 0 aliphatic rings. The smallest absolute Gasteiger partial charge is 0.405 e. The van der Waals surface area contributed by atoms with Crippen LogP contribution in [0.1, 0.15) is 16.3 Å². The van der Waals surface area contributed by atoms with Crippen molar-refractivity contribution in [2.45, 2.75) is 19.4 Å². The quantitative estimate of drug-likeness (QED) is 0.681. The van der Waals surface area contributed by atoms with Crippen molar-refractivity contribution in [1.82, 2.24) is 10.3 Å². The molecule has 1 amide bonds. The Morgan fingerprint density at radius 2 is 2.43 bits per heavy atom. The van der Waals surface area contributed by atoms with E-state index in [4.69, 9.17) is 10.2 Å². The number of aromatic nitrogens is 1. The Morgan fingerprint density at radius 3 is 3.07 bits per heavy atom. The second-order valence-electron chi connectivity index (χ2n) is 2.71. The van der Waals surface area contributed by atoms with Crippen molar-refractivity contribution in [3.63, 3.8) is 0 Å². The van der Waals surface area contributed by atoms with Crippen LogP contribution in [0.4, 0.5) is 4.79 Å². The summed E-state index contributed by atoms with van der Waals surface area (Å²) in [6.07, 6.45) is 2.19. The van der Waals surface area contributed by atoms with Gasteiger partial charge in [-0.25, -0.2) is 9.78 Å². The van der Waals surface area contributed by atoms with Crippen molar-refractivity contribution in [2.24, 2.45) is 0 Å². The van der Waals surface area contributed by atoms with E-state index in [1.807, 2.05) is 0 Å². The number of amides is 1. The van der Waals surface area contributed by atoms with E-state index < -0.39 is 6.09 Å². The molecule has 1 aromatic heterocycles. The average Bonchev–Trinajstić information content (AvgIpc) is 2.59. The van der Waals surface area contributed by atoms with Gasteiger partial charge in [-0.15, -0.1) is 11.3 Å². The molecule has 0 fully saturated rings. The van der Waals surface area contributed by atoms with Crippen molar-refractivity contribution >= 4 is 17.4 Å². The molecule has 0 bridgehead atoms. The number of thiazole rings is 1. The van der Waals surface area contributed by atoms with E-state index in [1.54, 1.807) is 6.20 Å². The Hall–Kier alpha value is -1.14. The zero-order valence-electron chi connectivity index (χ0n) is 7.56. The Labute approximate surface area is 85.4 Å². The summed E-state index contributed by atoms with van der Waals surface area (Å²) in [6, 6.07) is 0. The van der Waals surface area contributed by atoms with Crippen molar-refractivity contribution in [2.75, 3.05) is 6.61 Å². The molecule has 1 heterocycles. The first-order chi connectivity index (χ1) is 6.72. The third kappa shape index (κ3) is 3.71. The van der Waals surface area contributed by atoms with E-state index in [-0.39, 0.29) is 13.2 Å². The van der Waals surface area contributed by atoms with Gasteiger partial charge in [0.15, 0.2) is 0 Å². The average molecular weight is 216 g/mol. The summed E-state index contributed by atoms with van der Waals surface area (Å²) in [6.45, 7) is 0.416. The first-order valence-electron chi connectivity index (χ1n) is 4.23. The summed E-state index contributed by atoms with van der Waals surface area (Å²) in [5, 5.41) is 20.0. The van der Waals surface area contributed by atoms with Gasteiger partial charge in [-0.05, 0) is 12.8 Å². The van der Waals surface area contributed by atoms with E-state index in [1.165, 1.54) is 11.3 Å². The van der Waals surface area contributed by atoms with Crippen molar-refractivity contribution in [1.29, 1.82) is 0 Å². The Bertz CT molecular complexity index is 301. The molecule has 0 spiro atoms. The highest BCUT2D eigenvalue weighted by atomic mass is 32.1. The molecular weight excluding hydrogens is 204 g/mol. The predicted molar refractivity (Wildman–Crippen MR) is 52.4 cm³/mol. The number of aryl methyl sites for hydroxylation is 1. The Kier molecular flexibility index (Phi) is 4.34. The number of carbonyl (C=O) groups is 1. The molecule has 1 rings (SSSR count). The molecule has 0 saturated heterocycles. The van der Waals surface area contributed by atoms with Crippen LogP contribution < -0.4 is 5.32 Å². The number of hydrogen-bond donors (Lipinski definition) is 3. The topological polar surface area (TPSA) is 82.5 Å². The molecule has 0 radical (unpaired) electrons. The van der Waals surface area contributed by atoms with Gasteiger partial charge in [0.1, 0.15) is 5.01 Å². The molecule has 5 nitrogen and oxygen atoms in total. The van der Waals surface area contributed by atoms with Gasteiger partial charge in [0.05, 0.1) is 6.54 Å². The maximum atomic E-state index is 10.2. The number of hydrogen-bond acceptors (Lipinski definition) is 4. The van der Waals surface area contributed by atoms with Gasteiger partial charge < -0.3 is 15.5 Å². The summed E-state index contributed by atoms with van der Waals surface area (Å²) in [5.41, 5.74) is 0. The van der Waals surface area contributed by atoms with Gasteiger partial charge in [0.2, 0.25) is 0 Å². The highest BCUT2D eigenvalue weighted by molar-refractivity contribution is 7.11. The van der Waals surface area contributed by atoms with Gasteiger partial charge in [-0.2, -0.15) is 0 Å². The number of rotatable bonds is 5. The zero-order chi connectivity index (χ0) is 10.4. The highest BCUT2D eigenvalue weighted by Crippen LogP contribution is 2.14. The molecule has 0 aliphatic heterocycles. The highest BCUT2D eigenvalue weighted by Gasteiger charge is 2.02. The summed E-state index contributed by atoms with van der Waals surface area (Å²) in [7, 11) is 0. The molecule has 0 unspecified atom stereocenters. The maximum absolute atomic E-state index is 10.2. The minimum atomic E-state index is -1.04. The first kappa shape index (κ1) is 10.9. The molecular formula is C8H12N2O3S. The molecule has 0 atom stereocenters. The monoisotopic (exact) mass is 216 g/mol. The van der Waals surface area contributed by atoms with Crippen LogP contribution in [-0.2, 0) is 13.0 Å². The second-order valence-corrected chi connectivity index (χ2v) is 3.91. The van der Waals surface area contributed by atoms with E-state index in [0.717, 1.165) is 16.3 Å². The van der Waals surface area contributed by atoms with Crippen LogP contribution in [-0.4, -0.2) is 27.9 Å². The van der Waals surface area contributed by atoms with Crippen molar-refractivity contribution in [3.05, 3.63) is 16.1 Å². The fourth-order valence-corrected chi connectivity index (χ4v) is 1.85. The lowest BCUT2D eigenvalue weighted by molar-refractivity contribution is 0.194. The van der Waals surface area contributed by atoms with Crippen LogP contribution in [0.3, 0.4) is 0 Å². The van der Waals surface area contributed by atoms with Crippen molar-refractivity contribution < 1.29 is 15.0 Å². The normalized spacial score (nSPS) is 10.1. The van der Waals surface area contributed by atoms with Crippen LogP contribution in [0, 0.1) is 0 Å². The first-order valence-corrected chi connectivity index (χ1v) is 5.05.